The van der Waals surface area contributed by atoms with Crippen LogP contribution in [0.1, 0.15) is 74.7 Å². The minimum Gasteiger partial charge on any atom is -0.444 e. The maximum absolute atomic E-state index is 12.5. The molecule has 2 amide bonds. The van der Waals surface area contributed by atoms with Crippen LogP contribution < -0.4 is 10.6 Å². The molecule has 7 nitrogen and oxygen atoms in total. The van der Waals surface area contributed by atoms with Gasteiger partial charge >= 0.3 is 13.2 Å². The number of hydrogen-bond acceptors (Lipinski definition) is 5. The van der Waals surface area contributed by atoms with Crippen molar-refractivity contribution in [2.75, 3.05) is 6.54 Å². The molecule has 2 bridgehead atoms. The first-order chi connectivity index (χ1) is 13.7. The van der Waals surface area contributed by atoms with Crippen molar-refractivity contribution in [2.45, 2.75) is 97.9 Å². The molecule has 4 fully saturated rings. The summed E-state index contributed by atoms with van der Waals surface area (Å²) in [6.45, 7) is 16.3. The molecule has 0 radical (unpaired) electrons. The van der Waals surface area contributed by atoms with Gasteiger partial charge in [0.15, 0.2) is 0 Å². The van der Waals surface area contributed by atoms with Gasteiger partial charge in [0, 0.05) is 0 Å². The van der Waals surface area contributed by atoms with Gasteiger partial charge in [0.05, 0.1) is 24.2 Å². The zero-order valence-electron chi connectivity index (χ0n) is 19.8. The lowest BCUT2D eigenvalue weighted by Crippen LogP contribution is -2.65. The van der Waals surface area contributed by atoms with Crippen molar-refractivity contribution in [3.8, 4) is 0 Å². The molecule has 1 saturated heterocycles. The lowest BCUT2D eigenvalue weighted by atomic mass is 9.43. The Kier molecular flexibility index (Phi) is 6.24. The van der Waals surface area contributed by atoms with Crippen LogP contribution in [-0.4, -0.2) is 48.9 Å². The summed E-state index contributed by atoms with van der Waals surface area (Å²) in [4.78, 5) is 24.4. The summed E-state index contributed by atoms with van der Waals surface area (Å²) in [5.74, 6) is 0.980. The summed E-state index contributed by atoms with van der Waals surface area (Å²) in [5, 5.41) is 5.54. The molecule has 0 aromatic heterocycles. The van der Waals surface area contributed by atoms with Crippen molar-refractivity contribution < 1.29 is 23.6 Å². The number of amides is 2. The lowest BCUT2D eigenvalue weighted by Gasteiger charge is -2.64. The van der Waals surface area contributed by atoms with Crippen molar-refractivity contribution >= 4 is 19.1 Å². The van der Waals surface area contributed by atoms with Crippen LogP contribution in [0.3, 0.4) is 0 Å². The van der Waals surface area contributed by atoms with Crippen LogP contribution in [0.4, 0.5) is 4.79 Å². The first-order valence-electron chi connectivity index (χ1n) is 11.3. The van der Waals surface area contributed by atoms with Gasteiger partial charge in [-0.15, -0.1) is 0 Å². The van der Waals surface area contributed by atoms with Gasteiger partial charge in [-0.05, 0) is 70.1 Å². The smallest absolute Gasteiger partial charge is 0.444 e. The highest BCUT2D eigenvalue weighted by atomic mass is 16.7. The molecule has 5 atom stereocenters. The molecule has 3 aliphatic carbocycles. The second-order valence-electron chi connectivity index (χ2n) is 11.5. The maximum atomic E-state index is 12.5. The Labute approximate surface area is 181 Å². The van der Waals surface area contributed by atoms with E-state index >= 15 is 0 Å². The van der Waals surface area contributed by atoms with E-state index in [0.717, 1.165) is 12.8 Å². The summed E-state index contributed by atoms with van der Waals surface area (Å²) in [7, 11) is -0.469. The Morgan fingerprint density at radius 1 is 1.20 bits per heavy atom. The zero-order valence-corrected chi connectivity index (χ0v) is 19.8. The Balaban J connectivity index is 1.60. The molecule has 3 saturated carbocycles. The minimum atomic E-state index is -0.605. The highest BCUT2D eigenvalue weighted by molar-refractivity contribution is 6.47. The topological polar surface area (TPSA) is 85.9 Å². The Morgan fingerprint density at radius 2 is 1.87 bits per heavy atom. The van der Waals surface area contributed by atoms with E-state index in [1.54, 1.807) is 20.8 Å². The van der Waals surface area contributed by atoms with E-state index in [4.69, 9.17) is 14.0 Å². The van der Waals surface area contributed by atoms with Crippen LogP contribution >= 0.6 is 0 Å². The van der Waals surface area contributed by atoms with Crippen molar-refractivity contribution in [2.24, 2.45) is 23.2 Å². The van der Waals surface area contributed by atoms with Gasteiger partial charge in [-0.1, -0.05) is 27.7 Å². The van der Waals surface area contributed by atoms with E-state index in [9.17, 15) is 9.59 Å². The number of carbonyl (C=O) groups is 2. The molecule has 2 N–H and O–H groups in total. The molecule has 170 valence electrons. The van der Waals surface area contributed by atoms with Gasteiger partial charge in [0.1, 0.15) is 5.60 Å². The summed E-state index contributed by atoms with van der Waals surface area (Å²) in [6, 6.07) is 0. The van der Waals surface area contributed by atoms with Crippen LogP contribution in [0.5, 0.6) is 0 Å². The van der Waals surface area contributed by atoms with E-state index < -0.39 is 18.8 Å². The number of nitrogens with one attached hydrogen (secondary N) is 2. The molecule has 0 aromatic carbocycles. The third-order valence-corrected chi connectivity index (χ3v) is 7.16. The number of ether oxygens (including phenoxy) is 1. The standard InChI is InChI=1S/C22H39BN2O5/c1-13(2)9-17(25-18(26)12-24-19(27)28-20(3,4)5)23-29-16-11-14-10-15(21(14,6)7)22(16,8)30-23/h13-17H,9-12H2,1-8H3,(H,24,27)(H,25,26)/t14-,15-,16+,17-,22-/m0/s1. The van der Waals surface area contributed by atoms with Crippen LogP contribution in [0, 0.1) is 23.2 Å². The number of alkyl carbamates (subject to hydrolysis) is 1. The minimum absolute atomic E-state index is 0.0747. The fourth-order valence-electron chi connectivity index (χ4n) is 5.54. The Bertz CT molecular complexity index is 677. The maximum Gasteiger partial charge on any atom is 0.481 e. The van der Waals surface area contributed by atoms with Crippen molar-refractivity contribution in [1.29, 1.82) is 0 Å². The number of hydrogen-bond donors (Lipinski definition) is 2. The van der Waals surface area contributed by atoms with Crippen molar-refractivity contribution in [3.63, 3.8) is 0 Å². The number of carbonyl (C=O) groups excluding carboxylic acids is 2. The van der Waals surface area contributed by atoms with E-state index in [1.165, 1.54) is 6.42 Å². The summed E-state index contributed by atoms with van der Waals surface area (Å²) in [5.41, 5.74) is -0.637. The fraction of sp³-hybridized carbons (Fsp3) is 0.909. The molecule has 4 rings (SSSR count). The summed E-state index contributed by atoms with van der Waals surface area (Å²) in [6.07, 6.45) is 2.41. The second kappa shape index (κ2) is 8.01. The normalized spacial score (nSPS) is 32.8. The summed E-state index contributed by atoms with van der Waals surface area (Å²) < 4.78 is 18.1. The lowest BCUT2D eigenvalue weighted by molar-refractivity contribution is -0.199. The largest absolute Gasteiger partial charge is 0.481 e. The van der Waals surface area contributed by atoms with Crippen molar-refractivity contribution in [3.05, 3.63) is 0 Å². The number of rotatable bonds is 6. The van der Waals surface area contributed by atoms with Gasteiger partial charge in [-0.3, -0.25) is 4.79 Å². The third-order valence-electron chi connectivity index (χ3n) is 7.16. The molecule has 0 unspecified atom stereocenters. The Morgan fingerprint density at radius 3 is 2.43 bits per heavy atom. The average Bonchev–Trinajstić information content (AvgIpc) is 2.94. The quantitative estimate of drug-likeness (QED) is 0.642. The Hall–Kier alpha value is -1.28. The van der Waals surface area contributed by atoms with Crippen LogP contribution in [0.25, 0.3) is 0 Å². The molecule has 0 spiro atoms. The molecular weight excluding hydrogens is 383 g/mol. The first-order valence-corrected chi connectivity index (χ1v) is 11.3. The van der Waals surface area contributed by atoms with Gasteiger partial charge in [-0.2, -0.15) is 0 Å². The van der Waals surface area contributed by atoms with E-state index in [2.05, 4.69) is 45.3 Å². The highest BCUT2D eigenvalue weighted by Crippen LogP contribution is 2.65. The highest BCUT2D eigenvalue weighted by Gasteiger charge is 2.68. The van der Waals surface area contributed by atoms with Crippen LogP contribution in [-0.2, 0) is 18.8 Å². The monoisotopic (exact) mass is 422 g/mol. The zero-order chi connectivity index (χ0) is 22.5. The molecule has 0 aromatic rings. The summed E-state index contributed by atoms with van der Waals surface area (Å²) >= 11 is 0. The van der Waals surface area contributed by atoms with E-state index in [1.807, 2.05) is 0 Å². The predicted molar refractivity (Wildman–Crippen MR) is 116 cm³/mol. The van der Waals surface area contributed by atoms with Crippen molar-refractivity contribution in [1.82, 2.24) is 10.6 Å². The van der Waals surface area contributed by atoms with Crippen LogP contribution in [0.15, 0.2) is 0 Å². The molecular formula is C22H39BN2O5. The molecule has 1 aliphatic heterocycles. The molecule has 30 heavy (non-hydrogen) atoms. The van der Waals surface area contributed by atoms with E-state index in [-0.39, 0.29) is 35.5 Å². The fourth-order valence-corrected chi connectivity index (χ4v) is 5.54. The second-order valence-corrected chi connectivity index (χ2v) is 11.5. The molecule has 1 heterocycles. The molecule has 4 aliphatic rings. The molecule has 8 heteroatoms. The van der Waals surface area contributed by atoms with Gasteiger partial charge in [0.25, 0.3) is 0 Å². The van der Waals surface area contributed by atoms with Crippen LogP contribution in [0.2, 0.25) is 0 Å². The average molecular weight is 422 g/mol. The SMILES string of the molecule is CC(C)C[C@H](NC(=O)CNC(=O)OC(C)(C)C)B1O[C@@H]2C[C@@H]3C[C@@H](C3(C)C)[C@]2(C)O1. The van der Waals surface area contributed by atoms with E-state index in [0.29, 0.717) is 17.8 Å². The third kappa shape index (κ3) is 4.64. The van der Waals surface area contributed by atoms with Gasteiger partial charge < -0.3 is 24.7 Å². The predicted octanol–water partition coefficient (Wildman–Crippen LogP) is 3.31. The first kappa shape index (κ1) is 23.4. The van der Waals surface area contributed by atoms with Gasteiger partial charge in [-0.25, -0.2) is 4.79 Å². The van der Waals surface area contributed by atoms with Gasteiger partial charge in [0.2, 0.25) is 5.91 Å².